The molecule has 1 aliphatic rings. The molecule has 136 valence electrons. The van der Waals surface area contributed by atoms with Gasteiger partial charge in [-0.3, -0.25) is 4.79 Å². The monoisotopic (exact) mass is 368 g/mol. The Morgan fingerprint density at radius 1 is 1.25 bits per heavy atom. The Balaban J connectivity index is 2.09. The van der Waals surface area contributed by atoms with E-state index in [-0.39, 0.29) is 37.6 Å². The Hall–Kier alpha value is -1.62. The van der Waals surface area contributed by atoms with Crippen LogP contribution in [0.2, 0.25) is 0 Å². The molecule has 7 nitrogen and oxygen atoms in total. The molecule has 0 radical (unpaired) electrons. The molecule has 2 rings (SSSR count). The van der Waals surface area contributed by atoms with E-state index in [2.05, 4.69) is 4.98 Å². The number of rotatable bonds is 3. The molecule has 24 heavy (non-hydrogen) atoms. The van der Waals surface area contributed by atoms with Gasteiger partial charge in [-0.1, -0.05) is 0 Å². The molecular weight excluding hydrogens is 349 g/mol. The zero-order chi connectivity index (χ0) is 18.1. The van der Waals surface area contributed by atoms with Crippen molar-refractivity contribution in [3.8, 4) is 0 Å². The number of aromatic nitrogens is 2. The number of amides is 1. The van der Waals surface area contributed by atoms with E-state index in [0.29, 0.717) is 5.82 Å². The number of halogens is 3. The molecule has 0 unspecified atom stereocenters. The molecule has 0 bridgehead atoms. The van der Waals surface area contributed by atoms with Crippen LogP contribution in [0.15, 0.2) is 11.2 Å². The van der Waals surface area contributed by atoms with Crippen molar-refractivity contribution in [1.82, 2.24) is 18.8 Å². The third kappa shape index (κ3) is 4.26. The van der Waals surface area contributed by atoms with Crippen LogP contribution in [0.25, 0.3) is 0 Å². The van der Waals surface area contributed by atoms with Crippen LogP contribution in [0.1, 0.15) is 18.7 Å². The summed E-state index contributed by atoms with van der Waals surface area (Å²) in [4.78, 5) is 16.7. The van der Waals surface area contributed by atoms with Gasteiger partial charge in [0.2, 0.25) is 5.91 Å². The fourth-order valence-electron chi connectivity index (χ4n) is 2.45. The number of imidazole rings is 1. The lowest BCUT2D eigenvalue weighted by Crippen LogP contribution is -2.38. The second-order valence-electron chi connectivity index (χ2n) is 5.67. The van der Waals surface area contributed by atoms with Crippen LogP contribution in [-0.4, -0.2) is 65.4 Å². The first-order chi connectivity index (χ1) is 11.0. The first-order valence-electron chi connectivity index (χ1n) is 7.35. The summed E-state index contributed by atoms with van der Waals surface area (Å²) in [6.07, 6.45) is -4.43. The highest BCUT2D eigenvalue weighted by atomic mass is 32.2. The maximum Gasteiger partial charge on any atom is 0.397 e. The quantitative estimate of drug-likeness (QED) is 0.795. The summed E-state index contributed by atoms with van der Waals surface area (Å²) in [7, 11) is -2.16. The highest BCUT2D eigenvalue weighted by molar-refractivity contribution is 7.89. The third-order valence-electron chi connectivity index (χ3n) is 3.85. The Bertz CT molecular complexity index is 695. The highest BCUT2D eigenvalue weighted by Crippen LogP contribution is 2.22. The van der Waals surface area contributed by atoms with Crippen LogP contribution >= 0.6 is 0 Å². The van der Waals surface area contributed by atoms with Crippen molar-refractivity contribution in [2.75, 3.05) is 26.2 Å². The Morgan fingerprint density at radius 2 is 1.92 bits per heavy atom. The van der Waals surface area contributed by atoms with Crippen molar-refractivity contribution in [1.29, 1.82) is 0 Å². The summed E-state index contributed by atoms with van der Waals surface area (Å²) in [5.41, 5.74) is 0. The normalized spacial score (nSPS) is 17.8. The number of nitrogens with zero attached hydrogens (tertiary/aromatic N) is 4. The minimum Gasteiger partial charge on any atom is -0.341 e. The zero-order valence-corrected chi connectivity index (χ0v) is 14.2. The molecule has 0 saturated carbocycles. The van der Waals surface area contributed by atoms with Gasteiger partial charge in [0.25, 0.3) is 10.0 Å². The van der Waals surface area contributed by atoms with Crippen LogP contribution in [-0.2, 0) is 21.9 Å². The van der Waals surface area contributed by atoms with Gasteiger partial charge in [-0.05, 0) is 13.3 Å². The molecule has 11 heteroatoms. The van der Waals surface area contributed by atoms with E-state index in [0.717, 1.165) is 9.21 Å². The van der Waals surface area contributed by atoms with Gasteiger partial charge in [-0.2, -0.15) is 17.5 Å². The maximum atomic E-state index is 12.6. The summed E-state index contributed by atoms with van der Waals surface area (Å²) >= 11 is 0. The van der Waals surface area contributed by atoms with Gasteiger partial charge in [0, 0.05) is 39.4 Å². The van der Waals surface area contributed by atoms with E-state index in [1.165, 1.54) is 6.20 Å². The van der Waals surface area contributed by atoms with E-state index >= 15 is 0 Å². The largest absolute Gasteiger partial charge is 0.397 e. The molecule has 0 N–H and O–H groups in total. The van der Waals surface area contributed by atoms with Crippen molar-refractivity contribution >= 4 is 15.9 Å². The Labute approximate surface area is 138 Å². The molecule has 1 amide bonds. The average Bonchev–Trinajstić information content (AvgIpc) is 2.67. The SMILES string of the molecule is Cc1nc(S(=O)(=O)N2CCCN(C(=O)CC(F)(F)F)CC2)cn1C. The van der Waals surface area contributed by atoms with Crippen molar-refractivity contribution in [3.05, 3.63) is 12.0 Å². The molecule has 1 fully saturated rings. The molecule has 0 aromatic carbocycles. The summed E-state index contributed by atoms with van der Waals surface area (Å²) < 4.78 is 64.9. The van der Waals surface area contributed by atoms with Gasteiger partial charge in [0.15, 0.2) is 5.03 Å². The lowest BCUT2D eigenvalue weighted by Gasteiger charge is -2.22. The molecule has 1 aromatic rings. The van der Waals surface area contributed by atoms with Crippen molar-refractivity contribution in [3.63, 3.8) is 0 Å². The van der Waals surface area contributed by atoms with E-state index in [4.69, 9.17) is 0 Å². The van der Waals surface area contributed by atoms with Gasteiger partial charge in [0.05, 0.1) is 0 Å². The summed E-state index contributed by atoms with van der Waals surface area (Å²) in [6.45, 7) is 1.77. The van der Waals surface area contributed by atoms with Crippen molar-refractivity contribution < 1.29 is 26.4 Å². The van der Waals surface area contributed by atoms with Gasteiger partial charge < -0.3 is 9.47 Å². The number of alkyl halides is 3. The minimum atomic E-state index is -4.57. The van der Waals surface area contributed by atoms with Crippen molar-refractivity contribution in [2.24, 2.45) is 7.05 Å². The second kappa shape index (κ2) is 6.71. The molecule has 1 aliphatic heterocycles. The topological polar surface area (TPSA) is 75.5 Å². The fraction of sp³-hybridized carbons (Fsp3) is 0.692. The number of carbonyl (C=O) groups is 1. The first kappa shape index (κ1) is 18.7. The molecule has 2 heterocycles. The molecule has 1 saturated heterocycles. The molecule has 0 atom stereocenters. The third-order valence-corrected chi connectivity index (χ3v) is 5.62. The van der Waals surface area contributed by atoms with Crippen LogP contribution in [0.4, 0.5) is 13.2 Å². The van der Waals surface area contributed by atoms with Crippen LogP contribution < -0.4 is 0 Å². The number of carbonyl (C=O) groups excluding carboxylic acids is 1. The number of aryl methyl sites for hydroxylation is 2. The zero-order valence-electron chi connectivity index (χ0n) is 13.4. The second-order valence-corrected chi connectivity index (χ2v) is 7.55. The molecular formula is C13H19F3N4O3S. The average molecular weight is 368 g/mol. The number of sulfonamides is 1. The summed E-state index contributed by atoms with van der Waals surface area (Å²) in [5.74, 6) is -0.499. The standard InChI is InChI=1S/C13H19F3N4O3S/c1-10-17-11(9-18(10)2)24(22,23)20-5-3-4-19(6-7-20)12(21)8-13(14,15)16/h9H,3-8H2,1-2H3. The van der Waals surface area contributed by atoms with Gasteiger partial charge in [0.1, 0.15) is 12.2 Å². The van der Waals surface area contributed by atoms with Crippen LogP contribution in [0, 0.1) is 6.92 Å². The number of hydrogen-bond acceptors (Lipinski definition) is 4. The van der Waals surface area contributed by atoms with Gasteiger partial charge in [-0.25, -0.2) is 13.4 Å². The van der Waals surface area contributed by atoms with E-state index < -0.39 is 28.5 Å². The Kier molecular flexibility index (Phi) is 5.23. The van der Waals surface area contributed by atoms with Crippen LogP contribution in [0.3, 0.4) is 0 Å². The highest BCUT2D eigenvalue weighted by Gasteiger charge is 2.35. The van der Waals surface area contributed by atoms with E-state index in [1.807, 2.05) is 0 Å². The summed E-state index contributed by atoms with van der Waals surface area (Å²) in [5, 5.41) is -0.0995. The van der Waals surface area contributed by atoms with Gasteiger partial charge in [-0.15, -0.1) is 0 Å². The molecule has 1 aromatic heterocycles. The van der Waals surface area contributed by atoms with Gasteiger partial charge >= 0.3 is 6.18 Å². The minimum absolute atomic E-state index is 0.0540. The smallest absolute Gasteiger partial charge is 0.341 e. The predicted octanol–water partition coefficient (Wildman–Crippen LogP) is 0.904. The first-order valence-corrected chi connectivity index (χ1v) is 8.79. The van der Waals surface area contributed by atoms with Crippen molar-refractivity contribution in [2.45, 2.75) is 31.0 Å². The summed E-state index contributed by atoms with van der Waals surface area (Å²) in [6, 6.07) is 0. The lowest BCUT2D eigenvalue weighted by atomic mass is 10.3. The maximum absolute atomic E-state index is 12.6. The van der Waals surface area contributed by atoms with E-state index in [1.54, 1.807) is 18.5 Å². The molecule has 0 aliphatic carbocycles. The van der Waals surface area contributed by atoms with E-state index in [9.17, 15) is 26.4 Å². The number of hydrogen-bond donors (Lipinski definition) is 0. The molecule has 0 spiro atoms. The van der Waals surface area contributed by atoms with Crippen LogP contribution in [0.5, 0.6) is 0 Å². The fourth-order valence-corrected chi connectivity index (χ4v) is 3.94. The Morgan fingerprint density at radius 3 is 2.46 bits per heavy atom. The predicted molar refractivity (Wildman–Crippen MR) is 78.6 cm³/mol. The lowest BCUT2D eigenvalue weighted by molar-refractivity contribution is -0.161.